The van der Waals surface area contributed by atoms with Gasteiger partial charge in [-0.1, -0.05) is 11.6 Å². The molecular formula is C12H8ClF3N2O2. The van der Waals surface area contributed by atoms with Gasteiger partial charge < -0.3 is 15.2 Å². The first-order valence-electron chi connectivity index (χ1n) is 5.28. The van der Waals surface area contributed by atoms with Crippen molar-refractivity contribution in [3.05, 3.63) is 41.6 Å². The van der Waals surface area contributed by atoms with Gasteiger partial charge in [0, 0.05) is 6.20 Å². The van der Waals surface area contributed by atoms with Crippen LogP contribution < -0.4 is 15.2 Å². The average molecular weight is 305 g/mol. The van der Waals surface area contributed by atoms with Gasteiger partial charge in [-0.25, -0.2) is 4.98 Å². The van der Waals surface area contributed by atoms with E-state index in [-0.39, 0.29) is 23.1 Å². The lowest BCUT2D eigenvalue weighted by atomic mass is 10.3. The molecule has 0 bridgehead atoms. The normalized spacial score (nSPS) is 11.2. The predicted octanol–water partition coefficient (Wildman–Crippen LogP) is 4.01. The van der Waals surface area contributed by atoms with Gasteiger partial charge in [0.25, 0.3) is 0 Å². The first kappa shape index (κ1) is 14.3. The molecule has 4 nitrogen and oxygen atoms in total. The highest BCUT2D eigenvalue weighted by Gasteiger charge is 2.30. The smallest absolute Gasteiger partial charge is 0.437 e. The first-order valence-corrected chi connectivity index (χ1v) is 5.66. The Morgan fingerprint density at radius 3 is 2.25 bits per heavy atom. The number of ether oxygens (including phenoxy) is 2. The van der Waals surface area contributed by atoms with Gasteiger partial charge >= 0.3 is 6.36 Å². The highest BCUT2D eigenvalue weighted by Crippen LogP contribution is 2.29. The number of nitrogen functional groups attached to an aromatic ring is 1. The number of pyridine rings is 1. The minimum atomic E-state index is -4.73. The summed E-state index contributed by atoms with van der Waals surface area (Å²) >= 11 is 5.68. The van der Waals surface area contributed by atoms with Gasteiger partial charge in [0.15, 0.2) is 0 Å². The van der Waals surface area contributed by atoms with Crippen molar-refractivity contribution in [3.63, 3.8) is 0 Å². The van der Waals surface area contributed by atoms with Crippen LogP contribution in [0.4, 0.5) is 18.9 Å². The maximum atomic E-state index is 12.0. The Balaban J connectivity index is 2.11. The van der Waals surface area contributed by atoms with E-state index in [1.54, 1.807) is 0 Å². The van der Waals surface area contributed by atoms with Crippen LogP contribution in [0, 0.1) is 0 Å². The summed E-state index contributed by atoms with van der Waals surface area (Å²) in [5, 5.41) is 0.351. The minimum Gasteiger partial charge on any atom is -0.437 e. The molecule has 0 saturated heterocycles. The molecule has 0 amide bonds. The Hall–Kier alpha value is -2.15. The molecule has 20 heavy (non-hydrogen) atoms. The van der Waals surface area contributed by atoms with Gasteiger partial charge in [-0.05, 0) is 30.3 Å². The molecule has 2 N–H and O–H groups in total. The zero-order valence-corrected chi connectivity index (χ0v) is 10.6. The summed E-state index contributed by atoms with van der Waals surface area (Å²) in [6.07, 6.45) is -3.39. The molecule has 0 unspecified atom stereocenters. The molecule has 106 valence electrons. The molecule has 0 aliphatic rings. The van der Waals surface area contributed by atoms with Crippen LogP contribution in [0.3, 0.4) is 0 Å². The maximum Gasteiger partial charge on any atom is 0.573 e. The molecule has 1 aromatic heterocycles. The van der Waals surface area contributed by atoms with E-state index in [1.165, 1.54) is 24.4 Å². The quantitative estimate of drug-likeness (QED) is 0.931. The second-order valence-electron chi connectivity index (χ2n) is 3.67. The van der Waals surface area contributed by atoms with Gasteiger partial charge in [0.2, 0.25) is 5.88 Å². The molecular weight excluding hydrogens is 297 g/mol. The Bertz CT molecular complexity index is 603. The van der Waals surface area contributed by atoms with Crippen molar-refractivity contribution >= 4 is 17.3 Å². The molecule has 2 aromatic rings. The molecule has 8 heteroatoms. The topological polar surface area (TPSA) is 57.4 Å². The second-order valence-corrected chi connectivity index (χ2v) is 4.11. The fourth-order valence-corrected chi connectivity index (χ4v) is 1.51. The van der Waals surface area contributed by atoms with Crippen LogP contribution in [0.15, 0.2) is 36.5 Å². The van der Waals surface area contributed by atoms with Gasteiger partial charge in [-0.3, -0.25) is 0 Å². The largest absolute Gasteiger partial charge is 0.573 e. The summed E-state index contributed by atoms with van der Waals surface area (Å²) in [6.45, 7) is 0. The number of aromatic nitrogens is 1. The van der Waals surface area contributed by atoms with E-state index in [2.05, 4.69) is 9.72 Å². The standard InChI is InChI=1S/C12H8ClF3N2O2/c13-7-5-10(17)11(18-6-7)19-8-1-3-9(4-2-8)20-12(14,15)16/h1-6H,17H2. The molecule has 0 radical (unpaired) electrons. The highest BCUT2D eigenvalue weighted by molar-refractivity contribution is 6.30. The SMILES string of the molecule is Nc1cc(Cl)cnc1Oc1ccc(OC(F)(F)F)cc1. The van der Waals surface area contributed by atoms with Crippen molar-refractivity contribution < 1.29 is 22.6 Å². The molecule has 1 aromatic carbocycles. The number of rotatable bonds is 3. The molecule has 2 rings (SSSR count). The van der Waals surface area contributed by atoms with E-state index >= 15 is 0 Å². The number of hydrogen-bond donors (Lipinski definition) is 1. The molecule has 0 spiro atoms. The average Bonchev–Trinajstić information content (AvgIpc) is 2.33. The Morgan fingerprint density at radius 1 is 1.10 bits per heavy atom. The van der Waals surface area contributed by atoms with E-state index in [4.69, 9.17) is 22.1 Å². The molecule has 0 atom stereocenters. The van der Waals surface area contributed by atoms with Crippen molar-refractivity contribution in [2.75, 3.05) is 5.73 Å². The monoisotopic (exact) mass is 304 g/mol. The van der Waals surface area contributed by atoms with Crippen LogP contribution in [0.1, 0.15) is 0 Å². The minimum absolute atomic E-state index is 0.110. The number of nitrogens with two attached hydrogens (primary N) is 1. The van der Waals surface area contributed by atoms with Crippen molar-refractivity contribution in [1.29, 1.82) is 0 Å². The van der Waals surface area contributed by atoms with Gasteiger partial charge in [0.1, 0.15) is 11.5 Å². The second kappa shape index (κ2) is 5.46. The number of alkyl halides is 3. The number of anilines is 1. The maximum absolute atomic E-state index is 12.0. The Kier molecular flexibility index (Phi) is 3.89. The van der Waals surface area contributed by atoms with E-state index < -0.39 is 6.36 Å². The predicted molar refractivity (Wildman–Crippen MR) is 66.9 cm³/mol. The number of hydrogen-bond acceptors (Lipinski definition) is 4. The summed E-state index contributed by atoms with van der Waals surface area (Å²) in [7, 11) is 0. The van der Waals surface area contributed by atoms with Crippen LogP contribution in [0.25, 0.3) is 0 Å². The van der Waals surface area contributed by atoms with E-state index in [0.717, 1.165) is 12.1 Å². The summed E-state index contributed by atoms with van der Waals surface area (Å²) in [5.74, 6) is 0.0295. The highest BCUT2D eigenvalue weighted by atomic mass is 35.5. The van der Waals surface area contributed by atoms with Gasteiger partial charge in [-0.2, -0.15) is 0 Å². The zero-order chi connectivity index (χ0) is 14.8. The van der Waals surface area contributed by atoms with Crippen LogP contribution in [-0.2, 0) is 0 Å². The molecule has 1 heterocycles. The first-order chi connectivity index (χ1) is 9.33. The van der Waals surface area contributed by atoms with Gasteiger partial charge in [0.05, 0.1) is 10.7 Å². The van der Waals surface area contributed by atoms with E-state index in [9.17, 15) is 13.2 Å². The molecule has 0 fully saturated rings. The third kappa shape index (κ3) is 3.92. The summed E-state index contributed by atoms with van der Waals surface area (Å²) in [6, 6.07) is 6.29. The molecule has 0 aliphatic heterocycles. The van der Waals surface area contributed by atoms with Crippen molar-refractivity contribution in [2.45, 2.75) is 6.36 Å². The van der Waals surface area contributed by atoms with Crippen molar-refractivity contribution in [1.82, 2.24) is 4.98 Å². The Morgan fingerprint density at radius 2 is 1.70 bits per heavy atom. The van der Waals surface area contributed by atoms with E-state index in [1.807, 2.05) is 0 Å². The van der Waals surface area contributed by atoms with Crippen LogP contribution in [0.5, 0.6) is 17.4 Å². The van der Waals surface area contributed by atoms with Crippen LogP contribution in [0.2, 0.25) is 5.02 Å². The molecule has 0 saturated carbocycles. The third-order valence-corrected chi connectivity index (χ3v) is 2.32. The summed E-state index contributed by atoms with van der Waals surface area (Å²) in [4.78, 5) is 3.86. The third-order valence-electron chi connectivity index (χ3n) is 2.12. The number of halogens is 4. The summed E-state index contributed by atoms with van der Waals surface area (Å²) < 4.78 is 45.0. The number of benzene rings is 1. The van der Waals surface area contributed by atoms with Gasteiger partial charge in [-0.15, -0.1) is 13.2 Å². The Labute approximate surface area is 116 Å². The fourth-order valence-electron chi connectivity index (χ4n) is 1.35. The van der Waals surface area contributed by atoms with E-state index in [0.29, 0.717) is 5.02 Å². The lowest BCUT2D eigenvalue weighted by molar-refractivity contribution is -0.274. The van der Waals surface area contributed by atoms with Crippen LogP contribution >= 0.6 is 11.6 Å². The van der Waals surface area contributed by atoms with Crippen molar-refractivity contribution in [3.8, 4) is 17.4 Å². The van der Waals surface area contributed by atoms with Crippen LogP contribution in [-0.4, -0.2) is 11.3 Å². The number of nitrogens with zero attached hydrogens (tertiary/aromatic N) is 1. The fraction of sp³-hybridized carbons (Fsp3) is 0.0833. The zero-order valence-electron chi connectivity index (χ0n) is 9.82. The lowest BCUT2D eigenvalue weighted by Gasteiger charge is -2.10. The van der Waals surface area contributed by atoms with Crippen molar-refractivity contribution in [2.24, 2.45) is 0 Å². The summed E-state index contributed by atoms with van der Waals surface area (Å²) in [5.41, 5.74) is 5.85. The lowest BCUT2D eigenvalue weighted by Crippen LogP contribution is -2.16. The molecule has 0 aliphatic carbocycles.